The van der Waals surface area contributed by atoms with Gasteiger partial charge in [-0.2, -0.15) is 13.2 Å². The average molecular weight is 332 g/mol. The zero-order valence-corrected chi connectivity index (χ0v) is 12.7. The van der Waals surface area contributed by atoms with E-state index in [0.717, 1.165) is 17.3 Å². The number of benzene rings is 1. The fourth-order valence-electron chi connectivity index (χ4n) is 2.00. The Morgan fingerprint density at radius 3 is 2.73 bits per heavy atom. The number of nitrogens with one attached hydrogen (secondary N) is 1. The molecule has 0 radical (unpaired) electrons. The molecule has 0 spiro atoms. The first kappa shape index (κ1) is 16.7. The van der Waals surface area contributed by atoms with Gasteiger partial charge in [0.1, 0.15) is 5.75 Å². The summed E-state index contributed by atoms with van der Waals surface area (Å²) in [5.41, 5.74) is 1.28. The lowest BCUT2D eigenvalue weighted by molar-refractivity contribution is -0.136. The second-order valence-electron chi connectivity index (χ2n) is 4.86. The molecule has 1 heterocycles. The van der Waals surface area contributed by atoms with Gasteiger partial charge < -0.3 is 4.74 Å². The van der Waals surface area contributed by atoms with Crippen LogP contribution in [0.15, 0.2) is 18.2 Å². The van der Waals surface area contributed by atoms with Crippen LogP contribution in [0.5, 0.6) is 5.75 Å². The summed E-state index contributed by atoms with van der Waals surface area (Å²) in [6, 6.07) is 5.05. The van der Waals surface area contributed by atoms with Crippen molar-refractivity contribution in [3.05, 3.63) is 23.8 Å². The monoisotopic (exact) mass is 332 g/mol. The summed E-state index contributed by atoms with van der Waals surface area (Å²) >= 11 is 1.11. The van der Waals surface area contributed by atoms with Gasteiger partial charge in [0, 0.05) is 6.42 Å². The molecule has 1 N–H and O–H groups in total. The average Bonchev–Trinajstić information content (AvgIpc) is 2.74. The van der Waals surface area contributed by atoms with E-state index in [9.17, 15) is 18.0 Å². The van der Waals surface area contributed by atoms with Gasteiger partial charge in [-0.1, -0.05) is 17.8 Å². The summed E-state index contributed by atoms with van der Waals surface area (Å²) in [6.07, 6.45) is -5.28. The minimum absolute atomic E-state index is 0.0933. The molecule has 120 valence electrons. The van der Waals surface area contributed by atoms with Gasteiger partial charge in [-0.3, -0.25) is 15.1 Å². The van der Waals surface area contributed by atoms with Crippen LogP contribution in [0.1, 0.15) is 18.4 Å². The first-order chi connectivity index (χ1) is 10.3. The zero-order valence-electron chi connectivity index (χ0n) is 11.9. The Kier molecular flexibility index (Phi) is 5.00. The van der Waals surface area contributed by atoms with Crippen LogP contribution in [0.25, 0.3) is 0 Å². The van der Waals surface area contributed by atoms with E-state index in [4.69, 9.17) is 10.1 Å². The number of ether oxygens (including phenoxy) is 1. The van der Waals surface area contributed by atoms with E-state index < -0.39 is 12.6 Å². The van der Waals surface area contributed by atoms with E-state index in [1.54, 1.807) is 18.2 Å². The maximum Gasteiger partial charge on any atom is 0.389 e. The van der Waals surface area contributed by atoms with E-state index in [-0.39, 0.29) is 29.9 Å². The molecular formula is C14H15F3N2O2S. The minimum Gasteiger partial charge on any atom is -0.491 e. The third kappa shape index (κ3) is 4.16. The van der Waals surface area contributed by atoms with E-state index >= 15 is 0 Å². The normalized spacial score (nSPS) is 15.5. The topological polar surface area (TPSA) is 53.4 Å². The highest BCUT2D eigenvalue weighted by molar-refractivity contribution is 8.15. The number of carbonyl (C=O) groups excluding carboxylic acids is 1. The lowest BCUT2D eigenvalue weighted by atomic mass is 10.2. The molecule has 8 heteroatoms. The Labute approximate surface area is 130 Å². The van der Waals surface area contributed by atoms with Crippen molar-refractivity contribution in [2.75, 3.05) is 17.3 Å². The van der Waals surface area contributed by atoms with Gasteiger partial charge in [-0.25, -0.2) is 0 Å². The number of rotatable bonds is 5. The molecule has 4 nitrogen and oxygen atoms in total. The molecule has 2 rings (SSSR count). The summed E-state index contributed by atoms with van der Waals surface area (Å²) in [6.45, 7) is 1.73. The number of thioether (sulfide) groups is 1. The lowest BCUT2D eigenvalue weighted by Gasteiger charge is -2.20. The third-order valence-electron chi connectivity index (χ3n) is 3.00. The molecule has 1 aromatic rings. The molecule has 0 aliphatic carbocycles. The fraction of sp³-hybridized carbons (Fsp3) is 0.429. The molecule has 0 saturated carbocycles. The lowest BCUT2D eigenvalue weighted by Crippen LogP contribution is -2.29. The first-order valence-corrected chi connectivity index (χ1v) is 7.61. The van der Waals surface area contributed by atoms with Crippen molar-refractivity contribution in [3.8, 4) is 5.75 Å². The third-order valence-corrected chi connectivity index (χ3v) is 3.85. The van der Waals surface area contributed by atoms with Crippen LogP contribution < -0.4 is 9.64 Å². The molecular weight excluding hydrogens is 317 g/mol. The van der Waals surface area contributed by atoms with Crippen molar-refractivity contribution in [1.29, 1.82) is 5.41 Å². The zero-order chi connectivity index (χ0) is 16.3. The van der Waals surface area contributed by atoms with E-state index in [1.165, 1.54) is 4.90 Å². The van der Waals surface area contributed by atoms with E-state index in [1.807, 2.05) is 6.92 Å². The molecule has 0 atom stereocenters. The summed E-state index contributed by atoms with van der Waals surface area (Å²) in [5, 5.41) is 7.89. The molecule has 1 fully saturated rings. The Morgan fingerprint density at radius 1 is 1.41 bits per heavy atom. The van der Waals surface area contributed by atoms with Crippen molar-refractivity contribution in [3.63, 3.8) is 0 Å². The number of amidine groups is 1. The predicted octanol–water partition coefficient (Wildman–Crippen LogP) is 3.73. The predicted molar refractivity (Wildman–Crippen MR) is 79.6 cm³/mol. The van der Waals surface area contributed by atoms with Crippen LogP contribution >= 0.6 is 11.8 Å². The van der Waals surface area contributed by atoms with Crippen LogP contribution in [-0.2, 0) is 4.79 Å². The molecule has 1 amide bonds. The van der Waals surface area contributed by atoms with Crippen molar-refractivity contribution < 1.29 is 22.7 Å². The molecule has 1 saturated heterocycles. The van der Waals surface area contributed by atoms with Crippen molar-refractivity contribution >= 4 is 28.5 Å². The van der Waals surface area contributed by atoms with E-state index in [2.05, 4.69) is 0 Å². The van der Waals surface area contributed by atoms with Crippen LogP contribution in [0.4, 0.5) is 18.9 Å². The number of aryl methyl sites for hydroxylation is 1. The second-order valence-corrected chi connectivity index (χ2v) is 5.83. The maximum atomic E-state index is 12.1. The first-order valence-electron chi connectivity index (χ1n) is 6.62. The number of nitrogens with zero attached hydrogens (tertiary/aromatic N) is 1. The fourth-order valence-corrected chi connectivity index (χ4v) is 2.71. The summed E-state index contributed by atoms with van der Waals surface area (Å²) in [5.74, 6) is 0.259. The Bertz CT molecular complexity index is 574. The highest BCUT2D eigenvalue weighted by atomic mass is 32.2. The van der Waals surface area contributed by atoms with Gasteiger partial charge in [0.05, 0.1) is 18.0 Å². The largest absolute Gasteiger partial charge is 0.491 e. The number of halogens is 3. The summed E-state index contributed by atoms with van der Waals surface area (Å²) in [7, 11) is 0. The SMILES string of the molecule is Cc1ccc(OCCCC(F)(F)F)c(N2C(=N)SCC2=O)c1. The molecule has 0 aromatic heterocycles. The van der Waals surface area contributed by atoms with Crippen LogP contribution in [0, 0.1) is 12.3 Å². The van der Waals surface area contributed by atoms with Crippen LogP contribution in [-0.4, -0.2) is 29.6 Å². The molecule has 0 unspecified atom stereocenters. The highest BCUT2D eigenvalue weighted by Gasteiger charge is 2.31. The van der Waals surface area contributed by atoms with Gasteiger partial charge in [0.15, 0.2) is 5.17 Å². The smallest absolute Gasteiger partial charge is 0.389 e. The molecule has 1 aliphatic heterocycles. The molecule has 1 aliphatic rings. The van der Waals surface area contributed by atoms with Gasteiger partial charge in [-0.15, -0.1) is 0 Å². The van der Waals surface area contributed by atoms with E-state index in [0.29, 0.717) is 11.4 Å². The molecule has 22 heavy (non-hydrogen) atoms. The van der Waals surface area contributed by atoms with Crippen LogP contribution in [0.2, 0.25) is 0 Å². The number of alkyl halides is 3. The second kappa shape index (κ2) is 6.60. The maximum absolute atomic E-state index is 12.1. The number of amides is 1. The Balaban J connectivity index is 2.11. The standard InChI is InChI=1S/C14H15F3N2O2S/c1-9-3-4-11(21-6-2-5-14(15,16)17)10(7-9)19-12(20)8-22-13(19)18/h3-4,7,18H,2,5-6,8H2,1H3. The number of hydrogen-bond acceptors (Lipinski definition) is 4. The van der Waals surface area contributed by atoms with Gasteiger partial charge in [-0.05, 0) is 31.0 Å². The van der Waals surface area contributed by atoms with Gasteiger partial charge in [0.2, 0.25) is 5.91 Å². The summed E-state index contributed by atoms with van der Waals surface area (Å²) < 4.78 is 41.8. The minimum atomic E-state index is -4.21. The number of hydrogen-bond donors (Lipinski definition) is 1. The van der Waals surface area contributed by atoms with Crippen LogP contribution in [0.3, 0.4) is 0 Å². The molecule has 1 aromatic carbocycles. The molecule has 0 bridgehead atoms. The quantitative estimate of drug-likeness (QED) is 0.836. The van der Waals surface area contributed by atoms with Gasteiger partial charge in [0.25, 0.3) is 0 Å². The summed E-state index contributed by atoms with van der Waals surface area (Å²) in [4.78, 5) is 13.1. The van der Waals surface area contributed by atoms with Crippen molar-refractivity contribution in [1.82, 2.24) is 0 Å². The van der Waals surface area contributed by atoms with Crippen molar-refractivity contribution in [2.45, 2.75) is 25.9 Å². The highest BCUT2D eigenvalue weighted by Crippen LogP contribution is 2.35. The van der Waals surface area contributed by atoms with Gasteiger partial charge >= 0.3 is 6.18 Å². The Morgan fingerprint density at radius 2 is 2.14 bits per heavy atom. The number of carbonyl (C=O) groups is 1. The Hall–Kier alpha value is -1.70. The van der Waals surface area contributed by atoms with Crippen molar-refractivity contribution in [2.24, 2.45) is 0 Å². The number of anilines is 1.